The average Bonchev–Trinajstić information content (AvgIpc) is 3.35. The molecule has 0 aliphatic rings. The molecule has 0 aliphatic carbocycles. The van der Waals surface area contributed by atoms with Crippen molar-refractivity contribution in [2.24, 2.45) is 7.05 Å². The molecular formula is C16H14ClN7O2S. The Bertz CT molecular complexity index is 1130. The van der Waals surface area contributed by atoms with Crippen molar-refractivity contribution in [3.8, 4) is 11.3 Å². The van der Waals surface area contributed by atoms with Crippen molar-refractivity contribution in [2.45, 2.75) is 6.92 Å². The molecule has 4 heterocycles. The Morgan fingerprint density at radius 1 is 1.37 bits per heavy atom. The molecule has 4 aromatic heterocycles. The number of anilines is 2. The molecule has 0 bridgehead atoms. The molecule has 27 heavy (non-hydrogen) atoms. The number of carbonyl (C=O) groups excluding carboxylic acids is 1. The summed E-state index contributed by atoms with van der Waals surface area (Å²) in [5.74, 6) is -0.0637. The molecule has 0 aliphatic heterocycles. The van der Waals surface area contributed by atoms with Crippen LogP contribution >= 0.6 is 23.1 Å². The molecular weight excluding hydrogens is 390 g/mol. The average molecular weight is 404 g/mol. The molecule has 0 fully saturated rings. The zero-order valence-corrected chi connectivity index (χ0v) is 16.0. The van der Waals surface area contributed by atoms with Crippen LogP contribution in [-0.2, 0) is 11.8 Å². The van der Waals surface area contributed by atoms with E-state index < -0.39 is 5.97 Å². The van der Waals surface area contributed by atoms with E-state index >= 15 is 0 Å². The fourth-order valence-corrected chi connectivity index (χ4v) is 3.55. The van der Waals surface area contributed by atoms with Crippen LogP contribution in [0, 0.1) is 0 Å². The second-order valence-electron chi connectivity index (χ2n) is 5.54. The van der Waals surface area contributed by atoms with Gasteiger partial charge in [-0.05, 0) is 18.5 Å². The number of esters is 1. The molecule has 0 saturated carbocycles. The summed E-state index contributed by atoms with van der Waals surface area (Å²) in [5, 5.41) is 7.98. The number of nitrogens with zero attached hydrogens (tertiary/aromatic N) is 6. The summed E-state index contributed by atoms with van der Waals surface area (Å²) in [5.41, 5.74) is 2.50. The van der Waals surface area contributed by atoms with E-state index in [0.29, 0.717) is 16.5 Å². The summed E-state index contributed by atoms with van der Waals surface area (Å²) in [7, 11) is 1.86. The molecule has 0 saturated heterocycles. The first kappa shape index (κ1) is 17.4. The molecule has 1 N–H and O–H groups in total. The van der Waals surface area contributed by atoms with Crippen LogP contribution in [0.4, 0.5) is 10.8 Å². The Balaban J connectivity index is 1.70. The van der Waals surface area contributed by atoms with E-state index in [2.05, 4.69) is 24.8 Å². The minimum atomic E-state index is -0.558. The van der Waals surface area contributed by atoms with Crippen LogP contribution in [0.25, 0.3) is 16.9 Å². The first-order chi connectivity index (χ1) is 13.1. The van der Waals surface area contributed by atoms with Crippen LogP contribution in [-0.4, -0.2) is 41.1 Å². The lowest BCUT2D eigenvalue weighted by molar-refractivity contribution is 0.0521. The molecule has 138 valence electrons. The second kappa shape index (κ2) is 6.97. The molecule has 4 rings (SSSR count). The van der Waals surface area contributed by atoms with Gasteiger partial charge < -0.3 is 10.1 Å². The van der Waals surface area contributed by atoms with Gasteiger partial charge in [-0.15, -0.1) is 0 Å². The summed E-state index contributed by atoms with van der Waals surface area (Å²) in [4.78, 5) is 20.7. The maximum Gasteiger partial charge on any atom is 0.359 e. The van der Waals surface area contributed by atoms with Gasteiger partial charge in [-0.3, -0.25) is 9.08 Å². The van der Waals surface area contributed by atoms with E-state index in [1.807, 2.05) is 23.8 Å². The molecule has 0 spiro atoms. The first-order valence-corrected chi connectivity index (χ1v) is 9.14. The number of hydrogen-bond donors (Lipinski definition) is 1. The number of halogens is 1. The Labute approximate surface area is 162 Å². The van der Waals surface area contributed by atoms with E-state index in [4.69, 9.17) is 16.3 Å². The lowest BCUT2D eigenvalue weighted by Crippen LogP contribution is -2.05. The fraction of sp³-hybridized carbons (Fsp3) is 0.188. The Morgan fingerprint density at radius 3 is 2.96 bits per heavy atom. The van der Waals surface area contributed by atoms with Crippen LogP contribution in [0.15, 0.2) is 31.0 Å². The number of nitrogens with one attached hydrogen (secondary N) is 1. The van der Waals surface area contributed by atoms with Gasteiger partial charge in [-0.25, -0.2) is 14.8 Å². The van der Waals surface area contributed by atoms with Crippen LogP contribution in [0.1, 0.15) is 17.4 Å². The van der Waals surface area contributed by atoms with Crippen LogP contribution in [0.3, 0.4) is 0 Å². The lowest BCUT2D eigenvalue weighted by Gasteiger charge is -2.06. The van der Waals surface area contributed by atoms with Crippen molar-refractivity contribution in [1.82, 2.24) is 28.5 Å². The Morgan fingerprint density at radius 2 is 2.22 bits per heavy atom. The summed E-state index contributed by atoms with van der Waals surface area (Å²) in [6.07, 6.45) is 8.88. The third-order valence-corrected chi connectivity index (χ3v) is 5.01. The van der Waals surface area contributed by atoms with Gasteiger partial charge in [0.2, 0.25) is 0 Å². The predicted molar refractivity (Wildman–Crippen MR) is 102 cm³/mol. The van der Waals surface area contributed by atoms with Gasteiger partial charge in [0.1, 0.15) is 10.0 Å². The Kier molecular flexibility index (Phi) is 4.50. The van der Waals surface area contributed by atoms with Crippen molar-refractivity contribution < 1.29 is 9.53 Å². The van der Waals surface area contributed by atoms with E-state index in [-0.39, 0.29) is 17.3 Å². The number of aromatic nitrogens is 6. The van der Waals surface area contributed by atoms with Crippen LogP contribution < -0.4 is 5.32 Å². The van der Waals surface area contributed by atoms with Gasteiger partial charge in [0.15, 0.2) is 17.2 Å². The van der Waals surface area contributed by atoms with E-state index in [9.17, 15) is 4.79 Å². The Hall–Kier alpha value is -2.98. The molecule has 0 aromatic carbocycles. The number of hydrogen-bond acceptors (Lipinski definition) is 8. The van der Waals surface area contributed by atoms with E-state index in [0.717, 1.165) is 22.8 Å². The highest BCUT2D eigenvalue weighted by molar-refractivity contribution is 7.11. The molecule has 4 aromatic rings. The number of ether oxygens (including phenoxy) is 1. The van der Waals surface area contributed by atoms with Gasteiger partial charge in [-0.2, -0.15) is 9.47 Å². The van der Waals surface area contributed by atoms with Crippen LogP contribution in [0.2, 0.25) is 5.02 Å². The lowest BCUT2D eigenvalue weighted by atomic mass is 10.3. The van der Waals surface area contributed by atoms with Crippen molar-refractivity contribution in [3.63, 3.8) is 0 Å². The van der Waals surface area contributed by atoms with Crippen molar-refractivity contribution in [2.75, 3.05) is 11.9 Å². The molecule has 0 radical (unpaired) electrons. The van der Waals surface area contributed by atoms with Crippen molar-refractivity contribution >= 4 is 45.6 Å². The van der Waals surface area contributed by atoms with Crippen molar-refractivity contribution in [3.05, 3.63) is 41.7 Å². The number of imidazole rings is 1. The monoisotopic (exact) mass is 403 g/mol. The molecule has 0 atom stereocenters. The van der Waals surface area contributed by atoms with Gasteiger partial charge in [0.05, 0.1) is 24.7 Å². The minimum Gasteiger partial charge on any atom is -0.461 e. The summed E-state index contributed by atoms with van der Waals surface area (Å²) in [6, 6.07) is 0. The largest absolute Gasteiger partial charge is 0.461 e. The first-order valence-electron chi connectivity index (χ1n) is 7.99. The topological polar surface area (TPSA) is 99.2 Å². The zero-order valence-electron chi connectivity index (χ0n) is 14.4. The number of carbonyl (C=O) groups is 1. The van der Waals surface area contributed by atoms with E-state index in [1.165, 1.54) is 0 Å². The standard InChI is InChI=1S/C16H14ClN7O2S/c1-3-26-16(25)12-11(17)15(27-22-12)21-13-14-19-7-10(24(14)5-4-18-13)9-6-20-23(2)8-9/h4-8H,3H2,1-2H3,(H,18,21). The minimum absolute atomic E-state index is 0.0809. The smallest absolute Gasteiger partial charge is 0.359 e. The third kappa shape index (κ3) is 3.13. The van der Waals surface area contributed by atoms with Crippen molar-refractivity contribution in [1.29, 1.82) is 0 Å². The molecule has 9 nitrogen and oxygen atoms in total. The number of fused-ring (bicyclic) bond motifs is 1. The highest BCUT2D eigenvalue weighted by Gasteiger charge is 2.21. The molecule has 11 heteroatoms. The zero-order chi connectivity index (χ0) is 19.0. The fourth-order valence-electron chi connectivity index (χ4n) is 2.57. The predicted octanol–water partition coefficient (Wildman–Crippen LogP) is 3.16. The quantitative estimate of drug-likeness (QED) is 0.511. The number of aryl methyl sites for hydroxylation is 1. The van der Waals surface area contributed by atoms with E-state index in [1.54, 1.807) is 30.2 Å². The van der Waals surface area contributed by atoms with Gasteiger partial charge in [0, 0.05) is 31.2 Å². The third-order valence-electron chi connectivity index (χ3n) is 3.76. The maximum absolute atomic E-state index is 11.9. The second-order valence-corrected chi connectivity index (χ2v) is 6.69. The highest BCUT2D eigenvalue weighted by Crippen LogP contribution is 2.34. The normalized spacial score (nSPS) is 11.1. The highest BCUT2D eigenvalue weighted by atomic mass is 35.5. The number of rotatable bonds is 5. The summed E-state index contributed by atoms with van der Waals surface area (Å²) in [6.45, 7) is 1.97. The van der Waals surface area contributed by atoms with Gasteiger partial charge in [-0.1, -0.05) is 11.6 Å². The van der Waals surface area contributed by atoms with Gasteiger partial charge in [0.25, 0.3) is 0 Å². The molecule has 0 unspecified atom stereocenters. The maximum atomic E-state index is 11.9. The SMILES string of the molecule is CCOC(=O)c1nsc(Nc2nccn3c(-c4cnn(C)c4)cnc23)c1Cl. The summed E-state index contributed by atoms with van der Waals surface area (Å²) < 4.78 is 12.6. The van der Waals surface area contributed by atoms with Crippen LogP contribution in [0.5, 0.6) is 0 Å². The molecule has 0 amide bonds. The summed E-state index contributed by atoms with van der Waals surface area (Å²) >= 11 is 7.33. The van der Waals surface area contributed by atoms with Gasteiger partial charge >= 0.3 is 5.97 Å².